The molecule has 2 aromatic heterocycles. The van der Waals surface area contributed by atoms with Crippen LogP contribution >= 0.6 is 0 Å². The van der Waals surface area contributed by atoms with Crippen molar-refractivity contribution in [3.05, 3.63) is 83.3 Å². The van der Waals surface area contributed by atoms with Gasteiger partial charge in [0.15, 0.2) is 5.69 Å². The molecule has 2 N–H and O–H groups in total. The van der Waals surface area contributed by atoms with Crippen LogP contribution in [0.3, 0.4) is 0 Å². The molecule has 6 heteroatoms. The number of pyridine rings is 1. The molecule has 1 amide bonds. The maximum absolute atomic E-state index is 12.2. The molecule has 0 radical (unpaired) electrons. The Hall–Kier alpha value is -3.28. The van der Waals surface area contributed by atoms with Crippen LogP contribution in [0.4, 0.5) is 5.82 Å². The second-order valence-corrected chi connectivity index (χ2v) is 5.68. The number of aryl methyl sites for hydroxylation is 1. The number of benzene rings is 1. The van der Waals surface area contributed by atoms with Gasteiger partial charge in [-0.1, -0.05) is 29.8 Å². The van der Waals surface area contributed by atoms with Gasteiger partial charge in [0.05, 0.1) is 0 Å². The van der Waals surface area contributed by atoms with Crippen LogP contribution in [0, 0.1) is 6.92 Å². The minimum absolute atomic E-state index is 0.241. The second-order valence-electron chi connectivity index (χ2n) is 5.68. The van der Waals surface area contributed by atoms with E-state index in [2.05, 4.69) is 25.8 Å². The van der Waals surface area contributed by atoms with Gasteiger partial charge in [-0.25, -0.2) is 0 Å². The highest BCUT2D eigenvalue weighted by atomic mass is 16.1. The average Bonchev–Trinajstić information content (AvgIpc) is 2.66. The first-order chi connectivity index (χ1) is 12.2. The lowest BCUT2D eigenvalue weighted by Gasteiger charge is -2.07. The van der Waals surface area contributed by atoms with Crippen LogP contribution in [0.15, 0.2) is 60.9 Å². The van der Waals surface area contributed by atoms with Gasteiger partial charge in [-0.3, -0.25) is 9.78 Å². The highest BCUT2D eigenvalue weighted by Gasteiger charge is 2.08. The zero-order valence-electron chi connectivity index (χ0n) is 13.9. The van der Waals surface area contributed by atoms with Crippen LogP contribution in [0.1, 0.15) is 27.2 Å². The second kappa shape index (κ2) is 8.01. The molecule has 0 unspecified atom stereocenters. The molecule has 0 fully saturated rings. The van der Waals surface area contributed by atoms with Crippen molar-refractivity contribution < 1.29 is 4.79 Å². The Balaban J connectivity index is 1.53. The zero-order chi connectivity index (χ0) is 17.5. The Kier molecular flexibility index (Phi) is 5.31. The van der Waals surface area contributed by atoms with Crippen LogP contribution in [-0.2, 0) is 13.1 Å². The minimum Gasteiger partial charge on any atom is -0.365 e. The highest BCUT2D eigenvalue weighted by molar-refractivity contribution is 5.92. The van der Waals surface area contributed by atoms with Gasteiger partial charge in [0, 0.05) is 25.5 Å². The van der Waals surface area contributed by atoms with E-state index in [4.69, 9.17) is 0 Å². The summed E-state index contributed by atoms with van der Waals surface area (Å²) in [5.74, 6) is 0.377. The van der Waals surface area contributed by atoms with Crippen LogP contribution in [0.25, 0.3) is 0 Å². The van der Waals surface area contributed by atoms with Gasteiger partial charge in [0.25, 0.3) is 5.91 Å². The van der Waals surface area contributed by atoms with Gasteiger partial charge in [-0.2, -0.15) is 0 Å². The van der Waals surface area contributed by atoms with E-state index in [-0.39, 0.29) is 5.91 Å². The number of aromatic nitrogens is 3. The van der Waals surface area contributed by atoms with Gasteiger partial charge in [-0.05, 0) is 42.3 Å². The summed E-state index contributed by atoms with van der Waals surface area (Å²) in [5.41, 5.74) is 3.60. The first-order valence-corrected chi connectivity index (χ1v) is 8.01. The summed E-state index contributed by atoms with van der Waals surface area (Å²) in [4.78, 5) is 16.1. The first-order valence-electron chi connectivity index (χ1n) is 8.01. The van der Waals surface area contributed by atoms with E-state index in [0.29, 0.717) is 24.6 Å². The number of hydrogen-bond donors (Lipinski definition) is 2. The molecular formula is C19H19N5O. The van der Waals surface area contributed by atoms with Gasteiger partial charge in [0.2, 0.25) is 0 Å². The minimum atomic E-state index is -0.241. The van der Waals surface area contributed by atoms with E-state index in [0.717, 1.165) is 16.7 Å². The monoisotopic (exact) mass is 333 g/mol. The molecule has 0 spiro atoms. The maximum Gasteiger partial charge on any atom is 0.272 e. The van der Waals surface area contributed by atoms with Gasteiger partial charge in [0.1, 0.15) is 5.82 Å². The molecule has 0 bridgehead atoms. The first kappa shape index (κ1) is 16.6. The number of carbonyl (C=O) groups is 1. The van der Waals surface area contributed by atoms with E-state index >= 15 is 0 Å². The van der Waals surface area contributed by atoms with Gasteiger partial charge >= 0.3 is 0 Å². The topological polar surface area (TPSA) is 79.8 Å². The Morgan fingerprint density at radius 2 is 1.80 bits per heavy atom. The molecule has 3 aromatic rings. The Morgan fingerprint density at radius 1 is 0.960 bits per heavy atom. The number of amides is 1. The SMILES string of the molecule is Cc1cccc(CNC(=O)c2ccc(NCc3ccncc3)nn2)c1. The quantitative estimate of drug-likeness (QED) is 0.725. The predicted octanol–water partition coefficient (Wildman–Crippen LogP) is 2.72. The summed E-state index contributed by atoms with van der Waals surface area (Å²) >= 11 is 0. The van der Waals surface area contributed by atoms with E-state index in [1.165, 1.54) is 0 Å². The summed E-state index contributed by atoms with van der Waals surface area (Å²) in [7, 11) is 0. The van der Waals surface area contributed by atoms with Crippen molar-refractivity contribution in [3.63, 3.8) is 0 Å². The lowest BCUT2D eigenvalue weighted by Crippen LogP contribution is -2.24. The molecule has 0 saturated carbocycles. The highest BCUT2D eigenvalue weighted by Crippen LogP contribution is 2.06. The Bertz CT molecular complexity index is 834. The normalized spacial score (nSPS) is 10.3. The smallest absolute Gasteiger partial charge is 0.272 e. The fraction of sp³-hybridized carbons (Fsp3) is 0.158. The van der Waals surface area contributed by atoms with Gasteiger partial charge < -0.3 is 10.6 Å². The number of carbonyl (C=O) groups excluding carboxylic acids is 1. The molecule has 0 atom stereocenters. The van der Waals surface area contributed by atoms with Crippen molar-refractivity contribution in [2.75, 3.05) is 5.32 Å². The summed E-state index contributed by atoms with van der Waals surface area (Å²) in [6.07, 6.45) is 3.48. The number of nitrogens with one attached hydrogen (secondary N) is 2. The Labute approximate surface area is 146 Å². The summed E-state index contributed by atoms with van der Waals surface area (Å²) in [6.45, 7) is 3.11. The summed E-state index contributed by atoms with van der Waals surface area (Å²) in [6, 6.07) is 15.3. The molecule has 6 nitrogen and oxygen atoms in total. The third-order valence-corrected chi connectivity index (χ3v) is 3.66. The molecule has 0 aliphatic heterocycles. The molecule has 0 aliphatic rings. The lowest BCUT2D eigenvalue weighted by atomic mass is 10.1. The van der Waals surface area contributed by atoms with E-state index in [9.17, 15) is 4.79 Å². The molecule has 1 aromatic carbocycles. The fourth-order valence-electron chi connectivity index (χ4n) is 2.34. The fourth-order valence-corrected chi connectivity index (χ4v) is 2.34. The van der Waals surface area contributed by atoms with E-state index < -0.39 is 0 Å². The molecule has 0 aliphatic carbocycles. The van der Waals surface area contributed by atoms with Crippen molar-refractivity contribution in [1.29, 1.82) is 0 Å². The predicted molar refractivity (Wildman–Crippen MR) is 95.9 cm³/mol. The summed E-state index contributed by atoms with van der Waals surface area (Å²) in [5, 5.41) is 14.0. The van der Waals surface area contributed by atoms with Crippen molar-refractivity contribution in [3.8, 4) is 0 Å². The third kappa shape index (κ3) is 4.84. The standard InChI is InChI=1S/C19H19N5O/c1-14-3-2-4-16(11-14)13-22-19(25)17-5-6-18(24-23-17)21-12-15-7-9-20-10-8-15/h2-11H,12-13H2,1H3,(H,21,24)(H,22,25). The molecular weight excluding hydrogens is 314 g/mol. The number of anilines is 1. The van der Waals surface area contributed by atoms with Crippen molar-refractivity contribution in [2.45, 2.75) is 20.0 Å². The molecule has 0 saturated heterocycles. The van der Waals surface area contributed by atoms with Gasteiger partial charge in [-0.15, -0.1) is 10.2 Å². The molecule has 2 heterocycles. The number of rotatable bonds is 6. The van der Waals surface area contributed by atoms with Crippen LogP contribution in [0.2, 0.25) is 0 Å². The average molecular weight is 333 g/mol. The molecule has 3 rings (SSSR count). The summed E-state index contributed by atoms with van der Waals surface area (Å²) < 4.78 is 0. The third-order valence-electron chi connectivity index (χ3n) is 3.66. The number of nitrogens with zero attached hydrogens (tertiary/aromatic N) is 3. The van der Waals surface area contributed by atoms with Crippen molar-refractivity contribution in [2.24, 2.45) is 0 Å². The maximum atomic E-state index is 12.2. The lowest BCUT2D eigenvalue weighted by molar-refractivity contribution is 0.0945. The van der Waals surface area contributed by atoms with E-state index in [1.807, 2.05) is 43.3 Å². The number of hydrogen-bond acceptors (Lipinski definition) is 5. The van der Waals surface area contributed by atoms with Crippen LogP contribution < -0.4 is 10.6 Å². The largest absolute Gasteiger partial charge is 0.365 e. The van der Waals surface area contributed by atoms with Crippen LogP contribution in [-0.4, -0.2) is 21.1 Å². The van der Waals surface area contributed by atoms with Crippen LogP contribution in [0.5, 0.6) is 0 Å². The van der Waals surface area contributed by atoms with Crippen molar-refractivity contribution >= 4 is 11.7 Å². The Morgan fingerprint density at radius 3 is 2.52 bits per heavy atom. The molecule has 25 heavy (non-hydrogen) atoms. The zero-order valence-corrected chi connectivity index (χ0v) is 13.9. The van der Waals surface area contributed by atoms with Crippen molar-refractivity contribution in [1.82, 2.24) is 20.5 Å². The van der Waals surface area contributed by atoms with E-state index in [1.54, 1.807) is 24.5 Å². The molecule has 126 valence electrons.